The van der Waals surface area contributed by atoms with Gasteiger partial charge in [-0.3, -0.25) is 19.6 Å². The Hall–Kier alpha value is -5.37. The highest BCUT2D eigenvalue weighted by Gasteiger charge is 2.18. The van der Waals surface area contributed by atoms with Gasteiger partial charge >= 0.3 is 0 Å². The van der Waals surface area contributed by atoms with Crippen molar-refractivity contribution in [2.24, 2.45) is 0 Å². The van der Waals surface area contributed by atoms with Gasteiger partial charge in [0.15, 0.2) is 0 Å². The molecule has 5 aromatic rings. The Bertz CT molecular complexity index is 1550. The molecule has 8 heteroatoms. The number of aromatic nitrogens is 4. The predicted octanol–water partition coefficient (Wildman–Crippen LogP) is 4.42. The summed E-state index contributed by atoms with van der Waals surface area (Å²) < 4.78 is 1.73. The van der Waals surface area contributed by atoms with E-state index in [1.165, 1.54) is 0 Å². The molecule has 0 saturated heterocycles. The molecule has 0 spiro atoms. The first-order chi connectivity index (χ1) is 18.7. The van der Waals surface area contributed by atoms with Crippen LogP contribution in [-0.2, 0) is 11.3 Å². The molecule has 0 aliphatic heterocycles. The van der Waals surface area contributed by atoms with Gasteiger partial charge in [-0.05, 0) is 54.1 Å². The molecular weight excluding hydrogens is 476 g/mol. The van der Waals surface area contributed by atoms with E-state index in [-0.39, 0.29) is 12.2 Å². The van der Waals surface area contributed by atoms with Crippen molar-refractivity contribution in [3.05, 3.63) is 138 Å². The molecule has 3 aromatic heterocycles. The van der Waals surface area contributed by atoms with Gasteiger partial charge in [-0.15, -0.1) is 0 Å². The Balaban J connectivity index is 1.54. The molecule has 5 rings (SSSR count). The summed E-state index contributed by atoms with van der Waals surface area (Å²) in [5.74, 6) is -0.838. The molecule has 0 aliphatic rings. The number of carbonyl (C=O) groups excluding carboxylic acids is 2. The summed E-state index contributed by atoms with van der Waals surface area (Å²) in [7, 11) is 0. The lowest BCUT2D eigenvalue weighted by Gasteiger charge is -2.11. The van der Waals surface area contributed by atoms with Crippen molar-refractivity contribution < 1.29 is 9.59 Å². The van der Waals surface area contributed by atoms with Gasteiger partial charge in [-0.25, -0.2) is 4.68 Å². The average molecular weight is 501 g/mol. The molecule has 0 unspecified atom stereocenters. The van der Waals surface area contributed by atoms with Gasteiger partial charge in [0.05, 0.1) is 5.69 Å². The van der Waals surface area contributed by atoms with E-state index < -0.39 is 11.8 Å². The van der Waals surface area contributed by atoms with Crippen molar-refractivity contribution in [1.29, 1.82) is 0 Å². The first-order valence-corrected chi connectivity index (χ1v) is 12.0. The van der Waals surface area contributed by atoms with Crippen LogP contribution in [0.5, 0.6) is 0 Å². The third-order valence-electron chi connectivity index (χ3n) is 5.70. The predicted molar refractivity (Wildman–Crippen MR) is 145 cm³/mol. The molecule has 0 atom stereocenters. The Morgan fingerprint density at radius 2 is 1.53 bits per heavy atom. The van der Waals surface area contributed by atoms with Crippen LogP contribution in [0.2, 0.25) is 0 Å². The van der Waals surface area contributed by atoms with Gasteiger partial charge in [0.1, 0.15) is 11.4 Å². The molecule has 0 radical (unpaired) electrons. The van der Waals surface area contributed by atoms with E-state index in [0.717, 1.165) is 16.8 Å². The fourth-order valence-corrected chi connectivity index (χ4v) is 3.81. The van der Waals surface area contributed by atoms with Crippen LogP contribution in [0.4, 0.5) is 0 Å². The van der Waals surface area contributed by atoms with Gasteiger partial charge in [0, 0.05) is 54.2 Å². The second kappa shape index (κ2) is 11.6. The van der Waals surface area contributed by atoms with Gasteiger partial charge < -0.3 is 10.6 Å². The molecule has 0 saturated carbocycles. The topological polar surface area (TPSA) is 102 Å². The van der Waals surface area contributed by atoms with Crippen LogP contribution in [0, 0.1) is 0 Å². The van der Waals surface area contributed by atoms with E-state index in [9.17, 15) is 9.59 Å². The molecule has 2 N–H and O–H groups in total. The van der Waals surface area contributed by atoms with E-state index in [2.05, 4.69) is 20.6 Å². The molecule has 0 bridgehead atoms. The van der Waals surface area contributed by atoms with Gasteiger partial charge in [0.25, 0.3) is 11.8 Å². The van der Waals surface area contributed by atoms with Crippen LogP contribution in [-0.4, -0.2) is 31.6 Å². The average Bonchev–Trinajstić information content (AvgIpc) is 3.41. The summed E-state index contributed by atoms with van der Waals surface area (Å²) in [5.41, 5.74) is 4.25. The summed E-state index contributed by atoms with van der Waals surface area (Å²) >= 11 is 0. The number of rotatable bonds is 8. The van der Waals surface area contributed by atoms with Crippen LogP contribution in [0.15, 0.2) is 122 Å². The van der Waals surface area contributed by atoms with Crippen molar-refractivity contribution in [3.63, 3.8) is 0 Å². The summed E-state index contributed by atoms with van der Waals surface area (Å²) in [4.78, 5) is 34.7. The van der Waals surface area contributed by atoms with Crippen LogP contribution in [0.25, 0.3) is 23.0 Å². The zero-order valence-corrected chi connectivity index (χ0v) is 20.4. The summed E-state index contributed by atoms with van der Waals surface area (Å²) in [6, 6.07) is 25.8. The fourth-order valence-electron chi connectivity index (χ4n) is 3.81. The number of benzene rings is 2. The summed E-state index contributed by atoms with van der Waals surface area (Å²) in [5, 5.41) is 10.4. The van der Waals surface area contributed by atoms with E-state index in [1.54, 1.807) is 65.9 Å². The minimum Gasteiger partial charge on any atom is -0.347 e. The number of nitrogens with zero attached hydrogens (tertiary/aromatic N) is 4. The van der Waals surface area contributed by atoms with Crippen molar-refractivity contribution >= 4 is 17.9 Å². The summed E-state index contributed by atoms with van der Waals surface area (Å²) in [6.45, 7) is 0.254. The molecule has 38 heavy (non-hydrogen) atoms. The highest BCUT2D eigenvalue weighted by molar-refractivity contribution is 6.05. The SMILES string of the molecule is O=C(NCc1cccnc1)/C(=C\c1cn(-c2ccccc2)nc1-c1cccnc1)NC(=O)c1ccccc1. The molecular formula is C30H24N6O2. The number of nitrogens with one attached hydrogen (secondary N) is 2. The van der Waals surface area contributed by atoms with Crippen LogP contribution >= 0.6 is 0 Å². The van der Waals surface area contributed by atoms with Gasteiger partial charge in [0.2, 0.25) is 0 Å². The zero-order chi connectivity index (χ0) is 26.2. The van der Waals surface area contributed by atoms with Gasteiger partial charge in [-0.2, -0.15) is 5.10 Å². The molecule has 186 valence electrons. The van der Waals surface area contributed by atoms with E-state index in [1.807, 2.05) is 60.8 Å². The summed E-state index contributed by atoms with van der Waals surface area (Å²) in [6.07, 6.45) is 10.2. The third-order valence-corrected chi connectivity index (χ3v) is 5.70. The minimum atomic E-state index is -0.442. The number of carbonyl (C=O) groups is 2. The van der Waals surface area contributed by atoms with Gasteiger partial charge in [-0.1, -0.05) is 42.5 Å². The number of hydrogen-bond donors (Lipinski definition) is 2. The monoisotopic (exact) mass is 500 g/mol. The molecule has 0 aliphatic carbocycles. The van der Waals surface area contributed by atoms with Crippen molar-refractivity contribution in [1.82, 2.24) is 30.4 Å². The Labute approximate surface area is 219 Å². The normalized spacial score (nSPS) is 11.1. The fraction of sp³-hybridized carbons (Fsp3) is 0.0333. The Morgan fingerprint density at radius 1 is 0.816 bits per heavy atom. The van der Waals surface area contributed by atoms with Crippen LogP contribution in [0.3, 0.4) is 0 Å². The van der Waals surface area contributed by atoms with Crippen molar-refractivity contribution in [2.75, 3.05) is 0 Å². The maximum absolute atomic E-state index is 13.4. The second-order valence-corrected chi connectivity index (χ2v) is 8.38. The number of para-hydroxylation sites is 1. The van der Waals surface area contributed by atoms with Crippen LogP contribution < -0.4 is 10.6 Å². The minimum absolute atomic E-state index is 0.0838. The first kappa shape index (κ1) is 24.3. The van der Waals surface area contributed by atoms with Crippen molar-refractivity contribution in [2.45, 2.75) is 6.54 Å². The number of amides is 2. The second-order valence-electron chi connectivity index (χ2n) is 8.38. The van der Waals surface area contributed by atoms with Crippen molar-refractivity contribution in [3.8, 4) is 16.9 Å². The number of pyridine rings is 2. The quantitative estimate of drug-likeness (QED) is 0.307. The Morgan fingerprint density at radius 3 is 2.21 bits per heavy atom. The molecule has 2 amide bonds. The van der Waals surface area contributed by atoms with Crippen LogP contribution in [0.1, 0.15) is 21.5 Å². The lowest BCUT2D eigenvalue weighted by molar-refractivity contribution is -0.117. The van der Waals surface area contributed by atoms with E-state index in [0.29, 0.717) is 16.8 Å². The first-order valence-electron chi connectivity index (χ1n) is 12.0. The zero-order valence-electron chi connectivity index (χ0n) is 20.4. The largest absolute Gasteiger partial charge is 0.347 e. The lowest BCUT2D eigenvalue weighted by Crippen LogP contribution is -2.34. The highest BCUT2D eigenvalue weighted by Crippen LogP contribution is 2.25. The lowest BCUT2D eigenvalue weighted by atomic mass is 10.1. The smallest absolute Gasteiger partial charge is 0.268 e. The number of hydrogen-bond acceptors (Lipinski definition) is 5. The third kappa shape index (κ3) is 5.88. The maximum atomic E-state index is 13.4. The standard InChI is InChI=1S/C30H24N6O2/c37-29(23-10-3-1-4-11-23)34-27(30(38)33-19-22-9-7-15-31-18-22)17-25-21-36(26-13-5-2-6-14-26)35-28(25)24-12-8-16-32-20-24/h1-18,20-21H,19H2,(H,33,38)(H,34,37)/b27-17+. The molecule has 8 nitrogen and oxygen atoms in total. The highest BCUT2D eigenvalue weighted by atomic mass is 16.2. The molecule has 3 heterocycles. The molecule has 0 fully saturated rings. The maximum Gasteiger partial charge on any atom is 0.268 e. The Kier molecular flexibility index (Phi) is 7.41. The van der Waals surface area contributed by atoms with E-state index in [4.69, 9.17) is 5.10 Å². The molecule has 2 aromatic carbocycles. The van der Waals surface area contributed by atoms with E-state index >= 15 is 0 Å².